The largest absolute Gasteiger partial charge is 0.0619 e. The van der Waals surface area contributed by atoms with Crippen LogP contribution in [0.1, 0.15) is 78.6 Å². The van der Waals surface area contributed by atoms with E-state index < -0.39 is 0 Å². The molecule has 0 saturated carbocycles. The molecule has 204 valence electrons. The van der Waals surface area contributed by atoms with Crippen LogP contribution in [0, 0.1) is 13.8 Å². The molecule has 0 fully saturated rings. The summed E-state index contributed by atoms with van der Waals surface area (Å²) in [7, 11) is 0. The normalized spacial score (nSPS) is 15.3. The second-order valence-electron chi connectivity index (χ2n) is 13.5. The molecule has 0 nitrogen and oxygen atoms in total. The van der Waals surface area contributed by atoms with Crippen molar-refractivity contribution in [2.75, 3.05) is 0 Å². The monoisotopic (exact) mass is 532 g/mol. The van der Waals surface area contributed by atoms with Crippen molar-refractivity contribution in [3.8, 4) is 33.4 Å². The van der Waals surface area contributed by atoms with Crippen LogP contribution in [-0.4, -0.2) is 0 Å². The molecule has 0 saturated heterocycles. The van der Waals surface area contributed by atoms with Gasteiger partial charge in [-0.15, -0.1) is 0 Å². The van der Waals surface area contributed by atoms with Gasteiger partial charge in [-0.1, -0.05) is 136 Å². The third-order valence-corrected chi connectivity index (χ3v) is 9.92. The van der Waals surface area contributed by atoms with Crippen LogP contribution in [0.3, 0.4) is 0 Å². The molecule has 5 aromatic carbocycles. The zero-order valence-electron chi connectivity index (χ0n) is 25.4. The first-order chi connectivity index (χ1) is 19.6. The average Bonchev–Trinajstić information content (AvgIpc) is 3.32. The molecule has 5 aromatic rings. The number of hydrogen-bond donors (Lipinski definition) is 0. The Balaban J connectivity index is 1.11. The zero-order chi connectivity index (χ0) is 28.5. The molecular weight excluding hydrogens is 492 g/mol. The van der Waals surface area contributed by atoms with Gasteiger partial charge in [-0.25, -0.2) is 0 Å². The second kappa shape index (κ2) is 9.31. The Bertz CT molecular complexity index is 1810. The molecular formula is C41H40. The van der Waals surface area contributed by atoms with Gasteiger partial charge in [0.15, 0.2) is 0 Å². The third-order valence-electron chi connectivity index (χ3n) is 9.92. The number of hydrogen-bond acceptors (Lipinski definition) is 0. The highest BCUT2D eigenvalue weighted by molar-refractivity contribution is 5.93. The minimum atomic E-state index is 0.0208. The van der Waals surface area contributed by atoms with Gasteiger partial charge in [-0.05, 0) is 99.9 Å². The molecule has 0 radical (unpaired) electrons. The van der Waals surface area contributed by atoms with Gasteiger partial charge < -0.3 is 0 Å². The van der Waals surface area contributed by atoms with E-state index in [-0.39, 0.29) is 10.8 Å². The summed E-state index contributed by atoms with van der Waals surface area (Å²) in [6, 6.07) is 37.2. The molecule has 0 aliphatic heterocycles. The van der Waals surface area contributed by atoms with Gasteiger partial charge in [0, 0.05) is 10.8 Å². The fourth-order valence-electron chi connectivity index (χ4n) is 7.59. The summed E-state index contributed by atoms with van der Waals surface area (Å²) in [5.41, 5.74) is 19.8. The van der Waals surface area contributed by atoms with Gasteiger partial charge in [0.25, 0.3) is 0 Å². The molecule has 0 heterocycles. The van der Waals surface area contributed by atoms with E-state index in [1.165, 1.54) is 77.9 Å². The first kappa shape index (κ1) is 26.0. The Morgan fingerprint density at radius 1 is 0.463 bits per heavy atom. The van der Waals surface area contributed by atoms with Crippen LogP contribution >= 0.6 is 0 Å². The van der Waals surface area contributed by atoms with Gasteiger partial charge in [-0.3, -0.25) is 0 Å². The van der Waals surface area contributed by atoms with Gasteiger partial charge in [-0.2, -0.15) is 0 Å². The first-order valence-corrected chi connectivity index (χ1v) is 15.2. The second-order valence-corrected chi connectivity index (χ2v) is 13.5. The molecule has 0 bridgehead atoms. The van der Waals surface area contributed by atoms with E-state index in [2.05, 4.69) is 139 Å². The number of rotatable bonds is 5. The molecule has 7 rings (SSSR count). The summed E-state index contributed by atoms with van der Waals surface area (Å²) >= 11 is 0. The van der Waals surface area contributed by atoms with Crippen molar-refractivity contribution in [1.29, 1.82) is 0 Å². The lowest BCUT2D eigenvalue weighted by molar-refractivity contribution is 0.658. The lowest BCUT2D eigenvalue weighted by atomic mass is 9.81. The minimum Gasteiger partial charge on any atom is -0.0619 e. The predicted octanol–water partition coefficient (Wildman–Crippen LogP) is 10.8. The summed E-state index contributed by atoms with van der Waals surface area (Å²) in [5.74, 6) is 0. The average molecular weight is 533 g/mol. The fourth-order valence-corrected chi connectivity index (χ4v) is 7.59. The van der Waals surface area contributed by atoms with Crippen molar-refractivity contribution in [3.05, 3.63) is 142 Å². The van der Waals surface area contributed by atoms with Gasteiger partial charge in [0.1, 0.15) is 0 Å². The van der Waals surface area contributed by atoms with Crippen molar-refractivity contribution in [1.82, 2.24) is 0 Å². The highest BCUT2D eigenvalue weighted by Crippen LogP contribution is 2.53. The van der Waals surface area contributed by atoms with Crippen molar-refractivity contribution in [2.24, 2.45) is 0 Å². The van der Waals surface area contributed by atoms with E-state index >= 15 is 0 Å². The molecule has 0 amide bonds. The first-order valence-electron chi connectivity index (χ1n) is 15.2. The fraction of sp³-hybridized carbons (Fsp3) is 0.268. The van der Waals surface area contributed by atoms with E-state index in [1.807, 2.05) is 0 Å². The summed E-state index contributed by atoms with van der Waals surface area (Å²) in [6.45, 7) is 13.9. The van der Waals surface area contributed by atoms with E-state index in [0.29, 0.717) is 0 Å². The maximum atomic E-state index is 2.47. The van der Waals surface area contributed by atoms with Crippen LogP contribution < -0.4 is 0 Å². The van der Waals surface area contributed by atoms with Crippen LogP contribution in [0.25, 0.3) is 33.4 Å². The number of benzene rings is 5. The Hall–Kier alpha value is -3.90. The summed E-state index contributed by atoms with van der Waals surface area (Å²) in [5, 5.41) is 0. The van der Waals surface area contributed by atoms with E-state index in [1.54, 1.807) is 0 Å². The Kier molecular flexibility index (Phi) is 5.91. The maximum Gasteiger partial charge on any atom is 0.0159 e. The summed E-state index contributed by atoms with van der Waals surface area (Å²) < 4.78 is 0. The molecule has 0 unspecified atom stereocenters. The van der Waals surface area contributed by atoms with Crippen LogP contribution in [0.4, 0.5) is 0 Å². The molecule has 0 atom stereocenters. The van der Waals surface area contributed by atoms with Crippen LogP contribution in [0.5, 0.6) is 0 Å². The van der Waals surface area contributed by atoms with Crippen molar-refractivity contribution in [2.45, 2.75) is 71.6 Å². The lowest BCUT2D eigenvalue weighted by Gasteiger charge is -2.22. The Morgan fingerprint density at radius 2 is 1.07 bits per heavy atom. The summed E-state index contributed by atoms with van der Waals surface area (Å²) in [4.78, 5) is 0. The van der Waals surface area contributed by atoms with Crippen LogP contribution in [0.2, 0.25) is 0 Å². The highest BCUT2D eigenvalue weighted by Gasteiger charge is 2.37. The topological polar surface area (TPSA) is 0 Å². The van der Waals surface area contributed by atoms with Crippen molar-refractivity contribution in [3.63, 3.8) is 0 Å². The maximum absolute atomic E-state index is 2.47. The van der Waals surface area contributed by atoms with E-state index in [9.17, 15) is 0 Å². The molecule has 2 aliphatic carbocycles. The predicted molar refractivity (Wildman–Crippen MR) is 175 cm³/mol. The Labute approximate surface area is 246 Å². The van der Waals surface area contributed by atoms with Crippen LogP contribution in [-0.2, 0) is 23.7 Å². The molecule has 0 spiro atoms. The van der Waals surface area contributed by atoms with E-state index in [0.717, 1.165) is 19.3 Å². The van der Waals surface area contributed by atoms with E-state index in [4.69, 9.17) is 0 Å². The molecule has 0 N–H and O–H groups in total. The summed E-state index contributed by atoms with van der Waals surface area (Å²) in [6.07, 6.45) is 3.37. The van der Waals surface area contributed by atoms with Gasteiger partial charge >= 0.3 is 0 Å². The SMILES string of the molecule is Cc1ccc2c(c1)C(C)(C)c1cc(C)cc(-c3ccc(CCCc4ccc5c(c4)C(C)(C)c4ccccc4-5)cc3)c1-2. The quantitative estimate of drug-likeness (QED) is 0.211. The highest BCUT2D eigenvalue weighted by atomic mass is 14.4. The Morgan fingerprint density at radius 3 is 1.88 bits per heavy atom. The molecule has 0 heteroatoms. The smallest absolute Gasteiger partial charge is 0.0159 e. The van der Waals surface area contributed by atoms with Crippen LogP contribution in [0.15, 0.2) is 97.1 Å². The van der Waals surface area contributed by atoms with Gasteiger partial charge in [0.2, 0.25) is 0 Å². The molecule has 2 aliphatic rings. The number of aryl methyl sites for hydroxylation is 4. The molecule has 0 aromatic heterocycles. The zero-order valence-corrected chi connectivity index (χ0v) is 25.4. The lowest BCUT2D eigenvalue weighted by Crippen LogP contribution is -2.15. The van der Waals surface area contributed by atoms with Crippen molar-refractivity contribution < 1.29 is 0 Å². The van der Waals surface area contributed by atoms with Crippen molar-refractivity contribution >= 4 is 0 Å². The van der Waals surface area contributed by atoms with Gasteiger partial charge in [0.05, 0.1) is 0 Å². The third kappa shape index (κ3) is 4.11. The molecule has 41 heavy (non-hydrogen) atoms. The number of fused-ring (bicyclic) bond motifs is 6. The standard InChI is InChI=1S/C41H40/c1-26-14-20-33-36(23-26)41(5,6)38-24-27(2)22-34(39(33)38)30-18-15-28(16-19-30)10-9-11-29-17-21-32-31-12-7-8-13-35(31)40(3,4)37(32)25-29/h7-8,12-25H,9-11H2,1-6H3. The minimum absolute atomic E-state index is 0.0208.